The van der Waals surface area contributed by atoms with E-state index < -0.39 is 11.9 Å². The number of carboxylic acids is 2. The van der Waals surface area contributed by atoms with Gasteiger partial charge in [0.05, 0.1) is 11.1 Å². The molecule has 1 aromatic rings. The Morgan fingerprint density at radius 3 is 1.75 bits per heavy atom. The van der Waals surface area contributed by atoms with Gasteiger partial charge >= 0.3 is 11.9 Å². The predicted octanol–water partition coefficient (Wildman–Crippen LogP) is 3.64. The summed E-state index contributed by atoms with van der Waals surface area (Å²) in [6.45, 7) is 7.15. The molecule has 1 aromatic carbocycles. The molecule has 0 aliphatic heterocycles. The number of thioether (sulfide) groups is 2. The van der Waals surface area contributed by atoms with Crippen molar-refractivity contribution in [3.05, 3.63) is 48.6 Å². The van der Waals surface area contributed by atoms with Crippen LogP contribution >= 0.6 is 23.5 Å². The topological polar surface area (TPSA) is 74.6 Å². The molecule has 0 spiro atoms. The van der Waals surface area contributed by atoms with Gasteiger partial charge in [0, 0.05) is 21.3 Å². The minimum atomic E-state index is -1.08. The summed E-state index contributed by atoms with van der Waals surface area (Å²) in [5.74, 6) is -1.13. The van der Waals surface area contributed by atoms with Gasteiger partial charge in [0.15, 0.2) is 0 Å². The lowest BCUT2D eigenvalue weighted by Crippen LogP contribution is -2.06. The number of aromatic carboxylic acids is 2. The first-order valence-electron chi connectivity index (χ1n) is 5.63. The van der Waals surface area contributed by atoms with E-state index in [4.69, 9.17) is 5.11 Å². The molecular formula is C14H14O4S2. The van der Waals surface area contributed by atoms with Gasteiger partial charge in [0.2, 0.25) is 0 Å². The molecule has 4 nitrogen and oxygen atoms in total. The van der Waals surface area contributed by atoms with Crippen LogP contribution in [0.4, 0.5) is 0 Å². The van der Waals surface area contributed by atoms with Crippen LogP contribution in [0.25, 0.3) is 0 Å². The van der Waals surface area contributed by atoms with Crippen molar-refractivity contribution >= 4 is 35.5 Å². The van der Waals surface area contributed by atoms with E-state index in [1.807, 2.05) is 0 Å². The zero-order chi connectivity index (χ0) is 15.1. The number of hydrogen-bond acceptors (Lipinski definition) is 4. The van der Waals surface area contributed by atoms with E-state index in [2.05, 4.69) is 13.2 Å². The van der Waals surface area contributed by atoms with Crippen molar-refractivity contribution in [2.45, 2.75) is 9.79 Å². The van der Waals surface area contributed by atoms with Crippen molar-refractivity contribution in [3.63, 3.8) is 0 Å². The van der Waals surface area contributed by atoms with Crippen LogP contribution in [-0.2, 0) is 0 Å². The first-order valence-corrected chi connectivity index (χ1v) is 7.60. The minimum Gasteiger partial charge on any atom is -0.478 e. The zero-order valence-corrected chi connectivity index (χ0v) is 12.3. The second-order valence-corrected chi connectivity index (χ2v) is 5.78. The van der Waals surface area contributed by atoms with Gasteiger partial charge in [-0.15, -0.1) is 36.7 Å². The zero-order valence-electron chi connectivity index (χ0n) is 10.7. The smallest absolute Gasteiger partial charge is 0.337 e. The minimum absolute atomic E-state index is 0.0770. The van der Waals surface area contributed by atoms with Gasteiger partial charge in [-0.25, -0.2) is 9.59 Å². The fourth-order valence-electron chi connectivity index (χ4n) is 1.45. The van der Waals surface area contributed by atoms with E-state index in [0.717, 1.165) is 0 Å². The number of carbonyl (C=O) groups is 2. The monoisotopic (exact) mass is 310 g/mol. The molecule has 1 rings (SSSR count). The summed E-state index contributed by atoms with van der Waals surface area (Å²) in [6, 6.07) is 2.77. The molecule has 0 saturated heterocycles. The Morgan fingerprint density at radius 1 is 1.00 bits per heavy atom. The Labute approximate surface area is 125 Å². The summed E-state index contributed by atoms with van der Waals surface area (Å²) >= 11 is 2.51. The highest BCUT2D eigenvalue weighted by molar-refractivity contribution is 8.00. The first-order chi connectivity index (χ1) is 9.51. The van der Waals surface area contributed by atoms with Gasteiger partial charge in [-0.3, -0.25) is 0 Å². The largest absolute Gasteiger partial charge is 0.478 e. The summed E-state index contributed by atoms with van der Waals surface area (Å²) < 4.78 is 0. The molecule has 0 heterocycles. The molecule has 0 aromatic heterocycles. The maximum atomic E-state index is 11.4. The van der Waals surface area contributed by atoms with Crippen LogP contribution in [0.5, 0.6) is 0 Å². The Balaban J connectivity index is 3.38. The molecule has 0 bridgehead atoms. The molecule has 0 atom stereocenters. The van der Waals surface area contributed by atoms with Crippen LogP contribution < -0.4 is 0 Å². The summed E-state index contributed by atoms with van der Waals surface area (Å²) in [4.78, 5) is 23.4. The van der Waals surface area contributed by atoms with Gasteiger partial charge < -0.3 is 10.2 Å². The van der Waals surface area contributed by atoms with E-state index in [1.165, 1.54) is 35.7 Å². The molecular weight excluding hydrogens is 296 g/mol. The van der Waals surface area contributed by atoms with Crippen LogP contribution in [-0.4, -0.2) is 33.7 Å². The lowest BCUT2D eigenvalue weighted by Gasteiger charge is -2.11. The predicted molar refractivity (Wildman–Crippen MR) is 82.2 cm³/mol. The quantitative estimate of drug-likeness (QED) is 0.564. The second-order valence-electron chi connectivity index (χ2n) is 3.66. The van der Waals surface area contributed by atoms with Gasteiger partial charge in [0.1, 0.15) is 0 Å². The number of carboxylic acid groups (broad SMARTS) is 2. The molecule has 0 unspecified atom stereocenters. The molecule has 0 amide bonds. The highest BCUT2D eigenvalue weighted by Crippen LogP contribution is 2.33. The first kappa shape index (κ1) is 16.4. The molecule has 6 heteroatoms. The third-order valence-electron chi connectivity index (χ3n) is 2.24. The molecule has 0 fully saturated rings. The fourth-order valence-corrected chi connectivity index (χ4v) is 3.21. The Hall–Kier alpha value is -1.66. The average Bonchev–Trinajstić information content (AvgIpc) is 2.41. The number of rotatable bonds is 8. The van der Waals surface area contributed by atoms with E-state index in [1.54, 1.807) is 12.2 Å². The SMILES string of the molecule is C=CCSc1cc(C(=O)O)cc(SCC=C)c1C(=O)O. The summed E-state index contributed by atoms with van der Waals surface area (Å²) in [5.41, 5.74) is 0.210. The van der Waals surface area contributed by atoms with E-state index in [0.29, 0.717) is 21.3 Å². The molecule has 20 heavy (non-hydrogen) atoms. The Morgan fingerprint density at radius 2 is 1.45 bits per heavy atom. The number of hydrogen-bond donors (Lipinski definition) is 2. The van der Waals surface area contributed by atoms with Gasteiger partial charge in [-0.1, -0.05) is 12.2 Å². The molecule has 2 N–H and O–H groups in total. The van der Waals surface area contributed by atoms with Crippen LogP contribution in [0.1, 0.15) is 20.7 Å². The molecule has 0 aliphatic rings. The normalized spacial score (nSPS) is 10.0. The standard InChI is InChI=1S/C14H14O4S2/c1-3-5-19-10-7-9(13(15)16)8-11(20-6-4-2)12(10)14(17)18/h3-4,7-8H,1-2,5-6H2,(H,15,16)(H,17,18). The highest BCUT2D eigenvalue weighted by Gasteiger charge is 2.19. The third kappa shape index (κ3) is 4.18. The van der Waals surface area contributed by atoms with E-state index >= 15 is 0 Å². The second kappa shape index (κ2) is 7.81. The van der Waals surface area contributed by atoms with Crippen molar-refractivity contribution < 1.29 is 19.8 Å². The molecule has 0 radical (unpaired) electrons. The van der Waals surface area contributed by atoms with Gasteiger partial charge in [-0.2, -0.15) is 0 Å². The summed E-state index contributed by atoms with van der Waals surface area (Å²) in [5, 5.41) is 18.5. The third-order valence-corrected chi connectivity index (χ3v) is 4.31. The van der Waals surface area contributed by atoms with Gasteiger partial charge in [-0.05, 0) is 12.1 Å². The Kier molecular flexibility index (Phi) is 6.41. The lowest BCUT2D eigenvalue weighted by molar-refractivity contribution is 0.0674. The Bertz CT molecular complexity index is 519. The maximum Gasteiger partial charge on any atom is 0.337 e. The molecule has 106 valence electrons. The van der Waals surface area contributed by atoms with Crippen molar-refractivity contribution in [3.8, 4) is 0 Å². The van der Waals surface area contributed by atoms with Crippen molar-refractivity contribution in [1.82, 2.24) is 0 Å². The highest BCUT2D eigenvalue weighted by atomic mass is 32.2. The van der Waals surface area contributed by atoms with Crippen molar-refractivity contribution in [2.24, 2.45) is 0 Å². The fraction of sp³-hybridized carbons (Fsp3) is 0.143. The van der Waals surface area contributed by atoms with E-state index in [9.17, 15) is 14.7 Å². The van der Waals surface area contributed by atoms with Crippen LogP contribution in [0.2, 0.25) is 0 Å². The van der Waals surface area contributed by atoms with Crippen molar-refractivity contribution in [2.75, 3.05) is 11.5 Å². The van der Waals surface area contributed by atoms with Crippen LogP contribution in [0.15, 0.2) is 47.2 Å². The van der Waals surface area contributed by atoms with E-state index in [-0.39, 0.29) is 11.1 Å². The van der Waals surface area contributed by atoms with Crippen molar-refractivity contribution in [1.29, 1.82) is 0 Å². The number of benzene rings is 1. The average molecular weight is 310 g/mol. The molecule has 0 saturated carbocycles. The summed E-state index contributed by atoms with van der Waals surface area (Å²) in [6.07, 6.45) is 3.28. The maximum absolute atomic E-state index is 11.4. The summed E-state index contributed by atoms with van der Waals surface area (Å²) in [7, 11) is 0. The molecule has 0 aliphatic carbocycles. The van der Waals surface area contributed by atoms with Crippen LogP contribution in [0, 0.1) is 0 Å². The lowest BCUT2D eigenvalue weighted by atomic mass is 10.1. The van der Waals surface area contributed by atoms with Crippen LogP contribution in [0.3, 0.4) is 0 Å². The van der Waals surface area contributed by atoms with Gasteiger partial charge in [0.25, 0.3) is 0 Å².